The second-order valence-electron chi connectivity index (χ2n) is 7.47. The van der Waals surface area contributed by atoms with Crippen molar-refractivity contribution in [1.29, 1.82) is 0 Å². The van der Waals surface area contributed by atoms with Crippen LogP contribution in [0.15, 0.2) is 81.9 Å². The molecule has 0 aliphatic carbocycles. The Morgan fingerprint density at radius 3 is 2.33 bits per heavy atom. The van der Waals surface area contributed by atoms with Crippen molar-refractivity contribution < 1.29 is 14.3 Å². The van der Waals surface area contributed by atoms with E-state index in [0.717, 1.165) is 26.9 Å². The first-order valence-electron chi connectivity index (χ1n) is 10.9. The molecule has 0 fully saturated rings. The zero-order chi connectivity index (χ0) is 23.4. The largest absolute Gasteiger partial charge is 0.490 e. The van der Waals surface area contributed by atoms with Gasteiger partial charge in [-0.1, -0.05) is 46.3 Å². The Morgan fingerprint density at radius 1 is 0.939 bits per heavy atom. The van der Waals surface area contributed by atoms with Crippen LogP contribution < -0.4 is 14.4 Å². The lowest BCUT2D eigenvalue weighted by Crippen LogP contribution is -2.33. The fraction of sp³-hybridized carbons (Fsp3) is 0.185. The number of rotatable bonds is 7. The normalized spacial score (nSPS) is 14.5. The fourth-order valence-electron chi connectivity index (χ4n) is 3.67. The predicted octanol–water partition coefficient (Wildman–Crippen LogP) is 6.39. The number of aryl methyl sites for hydroxylation is 1. The van der Waals surface area contributed by atoms with Crippen molar-refractivity contribution in [2.45, 2.75) is 20.8 Å². The average molecular weight is 505 g/mol. The molecule has 1 amide bonds. The number of hydrogen-bond acceptors (Lipinski definition) is 4. The van der Waals surface area contributed by atoms with Crippen LogP contribution in [0.3, 0.4) is 0 Å². The van der Waals surface area contributed by atoms with Gasteiger partial charge in [0.25, 0.3) is 5.91 Å². The van der Waals surface area contributed by atoms with Gasteiger partial charge in [0, 0.05) is 10.0 Å². The summed E-state index contributed by atoms with van der Waals surface area (Å²) in [5, 5.41) is 0. The number of benzene rings is 3. The topological polar surface area (TPSA) is 51.1 Å². The van der Waals surface area contributed by atoms with Gasteiger partial charge in [0.15, 0.2) is 11.5 Å². The Morgan fingerprint density at radius 2 is 1.64 bits per heavy atom. The average Bonchev–Trinajstić information content (AvgIpc) is 3.12. The number of hydrogen-bond donors (Lipinski definition) is 0. The van der Waals surface area contributed by atoms with Crippen LogP contribution in [0.2, 0.25) is 0 Å². The summed E-state index contributed by atoms with van der Waals surface area (Å²) in [5.74, 6) is 1.76. The molecule has 0 unspecified atom stereocenters. The van der Waals surface area contributed by atoms with Gasteiger partial charge >= 0.3 is 0 Å². The maximum Gasteiger partial charge on any atom is 0.282 e. The second kappa shape index (κ2) is 10.0. The Hall–Kier alpha value is -3.38. The van der Waals surface area contributed by atoms with E-state index in [-0.39, 0.29) is 5.91 Å². The van der Waals surface area contributed by atoms with Gasteiger partial charge in [0.2, 0.25) is 0 Å². The maximum atomic E-state index is 13.5. The van der Waals surface area contributed by atoms with Crippen molar-refractivity contribution in [3.8, 4) is 11.5 Å². The Balaban J connectivity index is 1.79. The van der Waals surface area contributed by atoms with Gasteiger partial charge in [-0.05, 0) is 74.4 Å². The van der Waals surface area contributed by atoms with Gasteiger partial charge in [-0.3, -0.25) is 9.69 Å². The zero-order valence-electron chi connectivity index (χ0n) is 18.8. The summed E-state index contributed by atoms with van der Waals surface area (Å²) in [6, 6.07) is 21.2. The third-order valence-electron chi connectivity index (χ3n) is 5.20. The number of nitrogens with zero attached hydrogens (tertiary/aromatic N) is 2. The van der Waals surface area contributed by atoms with Crippen molar-refractivity contribution in [2.75, 3.05) is 18.1 Å². The minimum Gasteiger partial charge on any atom is -0.490 e. The summed E-state index contributed by atoms with van der Waals surface area (Å²) < 4.78 is 12.3. The molecule has 0 N–H and O–H groups in total. The third-order valence-corrected chi connectivity index (χ3v) is 5.73. The second-order valence-corrected chi connectivity index (χ2v) is 8.38. The highest BCUT2D eigenvalue weighted by Gasteiger charge is 2.33. The number of anilines is 1. The van der Waals surface area contributed by atoms with E-state index in [4.69, 9.17) is 14.5 Å². The summed E-state index contributed by atoms with van der Waals surface area (Å²) in [7, 11) is 0. The SMILES string of the molecule is CCOc1ccc(/C=C2\N=C(c3ccccc3C)N(c3ccc(Br)cc3)C2=O)cc1OCC. The molecule has 1 heterocycles. The number of ether oxygens (including phenoxy) is 2. The molecule has 0 saturated carbocycles. The van der Waals surface area contributed by atoms with Crippen LogP contribution in [0.5, 0.6) is 11.5 Å². The first-order chi connectivity index (χ1) is 16.0. The van der Waals surface area contributed by atoms with Gasteiger partial charge in [0.05, 0.1) is 18.9 Å². The third kappa shape index (κ3) is 4.86. The van der Waals surface area contributed by atoms with E-state index in [9.17, 15) is 4.79 Å². The molecule has 4 rings (SSSR count). The molecule has 0 aromatic heterocycles. The number of amides is 1. The number of aliphatic imine (C=N–C) groups is 1. The molecule has 0 bridgehead atoms. The van der Waals surface area contributed by atoms with Crippen LogP contribution in [0, 0.1) is 6.92 Å². The molecule has 0 radical (unpaired) electrons. The lowest BCUT2D eigenvalue weighted by molar-refractivity contribution is -0.113. The predicted molar refractivity (Wildman–Crippen MR) is 136 cm³/mol. The summed E-state index contributed by atoms with van der Waals surface area (Å²) in [4.78, 5) is 20.0. The molecule has 3 aromatic carbocycles. The van der Waals surface area contributed by atoms with Crippen LogP contribution in [0.25, 0.3) is 6.08 Å². The molecular weight excluding hydrogens is 480 g/mol. The smallest absolute Gasteiger partial charge is 0.282 e. The van der Waals surface area contributed by atoms with Gasteiger partial charge in [-0.15, -0.1) is 0 Å². The molecule has 33 heavy (non-hydrogen) atoms. The van der Waals surface area contributed by atoms with Crippen LogP contribution >= 0.6 is 15.9 Å². The van der Waals surface area contributed by atoms with Crippen molar-refractivity contribution in [1.82, 2.24) is 0 Å². The summed E-state index contributed by atoms with van der Waals surface area (Å²) >= 11 is 3.47. The monoisotopic (exact) mass is 504 g/mol. The Bertz CT molecular complexity index is 1230. The Labute approximate surface area is 202 Å². The highest BCUT2D eigenvalue weighted by atomic mass is 79.9. The van der Waals surface area contributed by atoms with Crippen LogP contribution in [-0.2, 0) is 4.79 Å². The van der Waals surface area contributed by atoms with Crippen molar-refractivity contribution >= 4 is 39.4 Å². The molecule has 0 saturated heterocycles. The Kier molecular flexibility index (Phi) is 6.94. The highest BCUT2D eigenvalue weighted by molar-refractivity contribution is 9.10. The highest BCUT2D eigenvalue weighted by Crippen LogP contribution is 2.32. The van der Waals surface area contributed by atoms with Crippen LogP contribution in [0.4, 0.5) is 5.69 Å². The summed E-state index contributed by atoms with van der Waals surface area (Å²) in [6.07, 6.45) is 1.79. The quantitative estimate of drug-likeness (QED) is 0.350. The molecule has 168 valence electrons. The van der Waals surface area contributed by atoms with Crippen LogP contribution in [0.1, 0.15) is 30.5 Å². The van der Waals surface area contributed by atoms with E-state index in [0.29, 0.717) is 36.2 Å². The van der Waals surface area contributed by atoms with Crippen molar-refractivity contribution in [3.63, 3.8) is 0 Å². The van der Waals surface area contributed by atoms with E-state index in [1.165, 1.54) is 0 Å². The number of carbonyl (C=O) groups is 1. The van der Waals surface area contributed by atoms with Gasteiger partial charge in [-0.25, -0.2) is 4.99 Å². The van der Waals surface area contributed by atoms with E-state index in [2.05, 4.69) is 15.9 Å². The molecule has 3 aromatic rings. The van der Waals surface area contributed by atoms with Crippen molar-refractivity contribution in [3.05, 3.63) is 93.6 Å². The van der Waals surface area contributed by atoms with Gasteiger partial charge in [-0.2, -0.15) is 0 Å². The molecule has 5 nitrogen and oxygen atoms in total. The van der Waals surface area contributed by atoms with Crippen LogP contribution in [-0.4, -0.2) is 25.0 Å². The number of amidine groups is 1. The lowest BCUT2D eigenvalue weighted by Gasteiger charge is -2.19. The molecule has 1 aliphatic rings. The summed E-state index contributed by atoms with van der Waals surface area (Å²) in [5.41, 5.74) is 3.90. The minimum absolute atomic E-state index is 0.178. The van der Waals surface area contributed by atoms with Gasteiger partial charge < -0.3 is 9.47 Å². The van der Waals surface area contributed by atoms with E-state index in [1.54, 1.807) is 11.0 Å². The first kappa shape index (κ1) is 22.8. The minimum atomic E-state index is -0.178. The molecular formula is C27H25BrN2O3. The fourth-order valence-corrected chi connectivity index (χ4v) is 3.93. The molecule has 6 heteroatoms. The van der Waals surface area contributed by atoms with E-state index < -0.39 is 0 Å². The standard InChI is InChI=1S/C27H25BrN2O3/c1-4-32-24-15-10-19(17-25(24)33-5-2)16-23-27(31)30(21-13-11-20(28)12-14-21)26(29-23)22-9-7-6-8-18(22)3/h6-17H,4-5H2,1-3H3/b23-16-. The van der Waals surface area contributed by atoms with E-state index >= 15 is 0 Å². The van der Waals surface area contributed by atoms with Gasteiger partial charge in [0.1, 0.15) is 11.5 Å². The molecule has 0 atom stereocenters. The molecule has 0 spiro atoms. The molecule has 1 aliphatic heterocycles. The first-order valence-corrected chi connectivity index (χ1v) is 11.7. The van der Waals surface area contributed by atoms with Crippen molar-refractivity contribution in [2.24, 2.45) is 4.99 Å². The summed E-state index contributed by atoms with van der Waals surface area (Å²) in [6.45, 7) is 6.94. The lowest BCUT2D eigenvalue weighted by atomic mass is 10.1. The van der Waals surface area contributed by atoms with E-state index in [1.807, 2.05) is 87.5 Å². The zero-order valence-corrected chi connectivity index (χ0v) is 20.4. The number of halogens is 1. The number of carbonyl (C=O) groups excluding carboxylic acids is 1. The maximum absolute atomic E-state index is 13.5.